The molecule has 0 aliphatic rings. The van der Waals surface area contributed by atoms with Crippen molar-refractivity contribution in [3.8, 4) is 5.75 Å². The molecule has 0 unspecified atom stereocenters. The van der Waals surface area contributed by atoms with E-state index in [1.165, 1.54) is 6.07 Å². The van der Waals surface area contributed by atoms with Crippen LogP contribution in [-0.2, 0) is 13.2 Å². The van der Waals surface area contributed by atoms with Crippen LogP contribution in [0.15, 0.2) is 72.9 Å². The number of anilines is 1. The Morgan fingerprint density at radius 2 is 1.79 bits per heavy atom. The Morgan fingerprint density at radius 1 is 1.00 bits per heavy atom. The van der Waals surface area contributed by atoms with Crippen molar-refractivity contribution >= 4 is 34.9 Å². The number of amides is 1. The lowest BCUT2D eigenvalue weighted by Crippen LogP contribution is -2.13. The Kier molecular flexibility index (Phi) is 6.91. The second-order valence-electron chi connectivity index (χ2n) is 7.17. The van der Waals surface area contributed by atoms with E-state index < -0.39 is 17.5 Å². The SMILES string of the molecule is O=C(Nc1nn(Cc2ccc(Cl)cc2)cc1Cl)c1cccc(COc2ccc(F)cc2F)c1. The van der Waals surface area contributed by atoms with Crippen LogP contribution in [0.2, 0.25) is 10.0 Å². The summed E-state index contributed by atoms with van der Waals surface area (Å²) in [6, 6.07) is 17.0. The molecule has 33 heavy (non-hydrogen) atoms. The van der Waals surface area contributed by atoms with Crippen molar-refractivity contribution in [2.45, 2.75) is 13.2 Å². The van der Waals surface area contributed by atoms with E-state index in [1.807, 2.05) is 12.1 Å². The van der Waals surface area contributed by atoms with Crippen molar-refractivity contribution in [3.05, 3.63) is 111 Å². The van der Waals surface area contributed by atoms with Gasteiger partial charge in [-0.1, -0.05) is 47.5 Å². The monoisotopic (exact) mass is 487 g/mol. The van der Waals surface area contributed by atoms with Gasteiger partial charge in [0.2, 0.25) is 0 Å². The first-order chi connectivity index (χ1) is 15.9. The van der Waals surface area contributed by atoms with Crippen molar-refractivity contribution < 1.29 is 18.3 Å². The van der Waals surface area contributed by atoms with Gasteiger partial charge in [-0.3, -0.25) is 9.48 Å². The number of halogens is 4. The molecular formula is C24H17Cl2F2N3O2. The molecule has 4 rings (SSSR count). The van der Waals surface area contributed by atoms with Crippen LogP contribution in [0.5, 0.6) is 5.75 Å². The van der Waals surface area contributed by atoms with Crippen molar-refractivity contribution in [1.82, 2.24) is 9.78 Å². The highest BCUT2D eigenvalue weighted by atomic mass is 35.5. The lowest BCUT2D eigenvalue weighted by molar-refractivity contribution is 0.102. The number of hydrogen-bond acceptors (Lipinski definition) is 3. The zero-order chi connectivity index (χ0) is 23.4. The third-order valence-electron chi connectivity index (χ3n) is 4.68. The molecule has 0 saturated heterocycles. The largest absolute Gasteiger partial charge is 0.486 e. The van der Waals surface area contributed by atoms with E-state index in [9.17, 15) is 13.6 Å². The van der Waals surface area contributed by atoms with E-state index in [1.54, 1.807) is 47.3 Å². The molecule has 3 aromatic carbocycles. The summed E-state index contributed by atoms with van der Waals surface area (Å²) >= 11 is 12.1. The molecule has 1 amide bonds. The molecule has 1 aromatic heterocycles. The fraction of sp³-hybridized carbons (Fsp3) is 0.0833. The molecule has 0 atom stereocenters. The van der Waals surface area contributed by atoms with Crippen LogP contribution < -0.4 is 10.1 Å². The molecule has 0 bridgehead atoms. The highest BCUT2D eigenvalue weighted by molar-refractivity contribution is 6.33. The summed E-state index contributed by atoms with van der Waals surface area (Å²) in [4.78, 5) is 12.7. The van der Waals surface area contributed by atoms with Gasteiger partial charge in [-0.15, -0.1) is 0 Å². The molecular weight excluding hydrogens is 471 g/mol. The maximum atomic E-state index is 13.7. The van der Waals surface area contributed by atoms with E-state index in [2.05, 4.69) is 10.4 Å². The number of rotatable bonds is 7. The minimum atomic E-state index is -0.798. The van der Waals surface area contributed by atoms with E-state index >= 15 is 0 Å². The average molecular weight is 488 g/mol. The number of aromatic nitrogens is 2. The summed E-state index contributed by atoms with van der Waals surface area (Å²) in [5.41, 5.74) is 1.95. The Hall–Kier alpha value is -3.42. The van der Waals surface area contributed by atoms with Gasteiger partial charge in [0.15, 0.2) is 17.4 Å². The van der Waals surface area contributed by atoms with Crippen molar-refractivity contribution in [3.63, 3.8) is 0 Å². The zero-order valence-corrected chi connectivity index (χ0v) is 18.6. The molecule has 0 fully saturated rings. The molecule has 5 nitrogen and oxygen atoms in total. The number of benzene rings is 3. The Morgan fingerprint density at radius 3 is 2.55 bits per heavy atom. The van der Waals surface area contributed by atoms with E-state index in [4.69, 9.17) is 27.9 Å². The highest BCUT2D eigenvalue weighted by Crippen LogP contribution is 2.22. The van der Waals surface area contributed by atoms with Crippen LogP contribution in [-0.4, -0.2) is 15.7 Å². The lowest BCUT2D eigenvalue weighted by atomic mass is 10.1. The summed E-state index contributed by atoms with van der Waals surface area (Å²) in [5, 5.41) is 7.96. The van der Waals surface area contributed by atoms with Gasteiger partial charge in [-0.25, -0.2) is 8.78 Å². The smallest absolute Gasteiger partial charge is 0.256 e. The second-order valence-corrected chi connectivity index (χ2v) is 8.01. The zero-order valence-electron chi connectivity index (χ0n) is 17.1. The number of ether oxygens (including phenoxy) is 1. The number of hydrogen-bond donors (Lipinski definition) is 1. The summed E-state index contributed by atoms with van der Waals surface area (Å²) in [6.07, 6.45) is 1.62. The van der Waals surface area contributed by atoms with E-state index in [-0.39, 0.29) is 18.2 Å². The Labute approximate surface area is 198 Å². The summed E-state index contributed by atoms with van der Waals surface area (Å²) in [5.74, 6) is -1.75. The van der Waals surface area contributed by atoms with Gasteiger partial charge in [-0.05, 0) is 47.5 Å². The molecule has 1 heterocycles. The first kappa shape index (κ1) is 22.8. The quantitative estimate of drug-likeness (QED) is 0.330. The molecule has 0 aliphatic heterocycles. The van der Waals surface area contributed by atoms with Gasteiger partial charge >= 0.3 is 0 Å². The van der Waals surface area contributed by atoms with Crippen molar-refractivity contribution in [1.29, 1.82) is 0 Å². The summed E-state index contributed by atoms with van der Waals surface area (Å²) in [7, 11) is 0. The fourth-order valence-corrected chi connectivity index (χ4v) is 3.40. The minimum Gasteiger partial charge on any atom is -0.486 e. The van der Waals surface area contributed by atoms with Crippen molar-refractivity contribution in [2.75, 3.05) is 5.32 Å². The van der Waals surface area contributed by atoms with Gasteiger partial charge in [0.25, 0.3) is 5.91 Å². The number of carbonyl (C=O) groups is 1. The van der Waals surface area contributed by atoms with Crippen LogP contribution in [0.4, 0.5) is 14.6 Å². The van der Waals surface area contributed by atoms with Crippen LogP contribution in [0.25, 0.3) is 0 Å². The molecule has 1 N–H and O–H groups in total. The normalized spacial score (nSPS) is 10.8. The summed E-state index contributed by atoms with van der Waals surface area (Å²) in [6.45, 7) is 0.458. The minimum absolute atomic E-state index is 0.000147. The van der Waals surface area contributed by atoms with Gasteiger partial charge in [0.05, 0.1) is 6.54 Å². The van der Waals surface area contributed by atoms with E-state index in [0.29, 0.717) is 27.7 Å². The van der Waals surface area contributed by atoms with Gasteiger partial charge in [0.1, 0.15) is 17.4 Å². The number of carbonyl (C=O) groups excluding carboxylic acids is 1. The maximum Gasteiger partial charge on any atom is 0.256 e. The van der Waals surface area contributed by atoms with Crippen molar-refractivity contribution in [2.24, 2.45) is 0 Å². The highest BCUT2D eigenvalue weighted by Gasteiger charge is 2.14. The molecule has 9 heteroatoms. The van der Waals surface area contributed by atoms with Crippen LogP contribution in [0.1, 0.15) is 21.5 Å². The predicted molar refractivity (Wildman–Crippen MR) is 123 cm³/mol. The summed E-state index contributed by atoms with van der Waals surface area (Å²) < 4.78 is 33.8. The Balaban J connectivity index is 1.41. The van der Waals surface area contributed by atoms with Crippen LogP contribution >= 0.6 is 23.2 Å². The average Bonchev–Trinajstić information content (AvgIpc) is 3.13. The molecule has 0 aliphatic carbocycles. The number of nitrogens with zero attached hydrogens (tertiary/aromatic N) is 2. The topological polar surface area (TPSA) is 56.2 Å². The molecule has 4 aromatic rings. The Bertz CT molecular complexity index is 1290. The number of nitrogens with one attached hydrogen (secondary N) is 1. The predicted octanol–water partition coefficient (Wildman–Crippen LogP) is 6.35. The molecule has 0 saturated carbocycles. The van der Waals surface area contributed by atoms with Gasteiger partial charge < -0.3 is 10.1 Å². The first-order valence-corrected chi connectivity index (χ1v) is 10.6. The fourth-order valence-electron chi connectivity index (χ4n) is 3.08. The van der Waals surface area contributed by atoms with Crippen LogP contribution in [0, 0.1) is 11.6 Å². The third kappa shape index (κ3) is 5.88. The maximum absolute atomic E-state index is 13.7. The molecule has 168 valence electrons. The third-order valence-corrected chi connectivity index (χ3v) is 5.21. The van der Waals surface area contributed by atoms with Gasteiger partial charge in [0, 0.05) is 22.8 Å². The van der Waals surface area contributed by atoms with Crippen LogP contribution in [0.3, 0.4) is 0 Å². The standard InChI is InChI=1S/C24H17Cl2F2N3O2/c25-18-6-4-15(5-7-18)12-31-13-20(26)23(30-31)29-24(32)17-3-1-2-16(10-17)14-33-22-9-8-19(27)11-21(22)28/h1-11,13H,12,14H2,(H,29,30,32). The first-order valence-electron chi connectivity index (χ1n) is 9.83. The molecule has 0 radical (unpaired) electrons. The second kappa shape index (κ2) is 10.0. The molecule has 0 spiro atoms. The van der Waals surface area contributed by atoms with E-state index in [0.717, 1.165) is 17.7 Å². The lowest BCUT2D eigenvalue weighted by Gasteiger charge is -2.09. The van der Waals surface area contributed by atoms with Gasteiger partial charge in [-0.2, -0.15) is 5.10 Å².